The minimum absolute atomic E-state index is 0.0947. The van der Waals surface area contributed by atoms with Crippen LogP contribution in [0.5, 0.6) is 0 Å². The van der Waals surface area contributed by atoms with E-state index in [2.05, 4.69) is 15.4 Å². The molecule has 0 unspecified atom stereocenters. The molecule has 3 N–H and O–H groups in total. The van der Waals surface area contributed by atoms with Crippen LogP contribution in [0.3, 0.4) is 0 Å². The van der Waals surface area contributed by atoms with Gasteiger partial charge in [0.15, 0.2) is 12.3 Å². The van der Waals surface area contributed by atoms with Crippen molar-refractivity contribution in [3.05, 3.63) is 45.5 Å². The van der Waals surface area contributed by atoms with Gasteiger partial charge in [0, 0.05) is 21.9 Å². The lowest BCUT2D eigenvalue weighted by Gasteiger charge is -2.29. The average molecular weight is 624 g/mol. The maximum absolute atomic E-state index is 13.4. The van der Waals surface area contributed by atoms with Gasteiger partial charge in [0.1, 0.15) is 12.1 Å². The van der Waals surface area contributed by atoms with Crippen LogP contribution in [0.4, 0.5) is 37.8 Å². The fourth-order valence-electron chi connectivity index (χ4n) is 4.68. The monoisotopic (exact) mass is 623 g/mol. The van der Waals surface area contributed by atoms with Gasteiger partial charge in [-0.05, 0) is 18.0 Å². The van der Waals surface area contributed by atoms with Gasteiger partial charge in [0.2, 0.25) is 0 Å². The first kappa shape index (κ1) is 31.6. The molecule has 0 fully saturated rings. The van der Waals surface area contributed by atoms with Crippen molar-refractivity contribution in [1.82, 2.24) is 20.1 Å². The Hall–Kier alpha value is -3.35. The summed E-state index contributed by atoms with van der Waals surface area (Å²) in [5, 5.41) is 17.3. The molecule has 2 aromatic rings. The highest BCUT2D eigenvalue weighted by Crippen LogP contribution is 2.33. The van der Waals surface area contributed by atoms with Crippen molar-refractivity contribution < 1.29 is 50.3 Å². The highest BCUT2D eigenvalue weighted by molar-refractivity contribution is 6.16. The van der Waals surface area contributed by atoms with Crippen LogP contribution in [0, 0.1) is 5.92 Å². The van der Waals surface area contributed by atoms with E-state index in [9.17, 15) is 41.0 Å². The summed E-state index contributed by atoms with van der Waals surface area (Å²) in [6, 6.07) is 0.987. The second-order valence-electron chi connectivity index (χ2n) is 10.6. The molecule has 1 amide bonds. The number of hydrogen-bond acceptors (Lipinski definition) is 8. The molecular weight excluding hydrogens is 594 g/mol. The molecule has 2 aliphatic heterocycles. The normalized spacial score (nSPS) is 20.0. The van der Waals surface area contributed by atoms with Crippen molar-refractivity contribution in [1.29, 1.82) is 0 Å². The predicted octanol–water partition coefficient (Wildman–Crippen LogP) is 0.477. The third-order valence-electron chi connectivity index (χ3n) is 6.54. The highest BCUT2D eigenvalue weighted by Gasteiger charge is 2.39. The molecule has 42 heavy (non-hydrogen) atoms. The molecule has 230 valence electrons. The third-order valence-corrected chi connectivity index (χ3v) is 7.07. The molecule has 11 nitrogen and oxygen atoms in total. The zero-order valence-electron chi connectivity index (χ0n) is 22.6. The van der Waals surface area contributed by atoms with Crippen molar-refractivity contribution in [3.8, 4) is 0 Å². The number of carbonyl (C=O) groups excluding carboxylic acids is 1. The number of nitrogens with one attached hydrogen (secondary N) is 2. The van der Waals surface area contributed by atoms with Crippen molar-refractivity contribution >= 4 is 33.9 Å². The van der Waals surface area contributed by atoms with Gasteiger partial charge in [-0.25, -0.2) is 9.67 Å². The number of alkyl halides is 6. The Balaban J connectivity index is 1.36. The Morgan fingerprint density at radius 1 is 1.31 bits per heavy atom. The van der Waals surface area contributed by atoms with Gasteiger partial charge < -0.3 is 24.8 Å². The van der Waals surface area contributed by atoms with Crippen LogP contribution < -0.4 is 10.9 Å². The molecule has 4 heterocycles. The number of rotatable bonds is 7. The minimum Gasteiger partial charge on any atom is -0.381 e. The predicted molar refractivity (Wildman–Crippen MR) is 138 cm³/mol. The molecule has 0 aromatic carbocycles. The summed E-state index contributed by atoms with van der Waals surface area (Å²) in [6.07, 6.45) is -7.74. The number of carbonyl (C=O) groups is 1. The van der Waals surface area contributed by atoms with E-state index in [4.69, 9.17) is 9.47 Å². The Labute approximate surface area is 238 Å². The maximum Gasteiger partial charge on any atom is 0.423 e. The molecular formula is C24H29F6N6O5Si+. The zero-order valence-corrected chi connectivity index (χ0v) is 24.6. The summed E-state index contributed by atoms with van der Waals surface area (Å²) in [6.45, 7) is 1.44. The van der Waals surface area contributed by atoms with E-state index >= 15 is 0 Å². The van der Waals surface area contributed by atoms with Gasteiger partial charge in [0.25, 0.3) is 11.5 Å². The smallest absolute Gasteiger partial charge is 0.381 e. The van der Waals surface area contributed by atoms with Crippen LogP contribution in [0.25, 0.3) is 0 Å². The van der Waals surface area contributed by atoms with E-state index in [-0.39, 0.29) is 67.0 Å². The SMILES string of the molecule is C[C@]([SiH3])(COC[C@H](O)C(=O)N1CC[N+]2=C[C@@H](COCc3cc(C(F)(F)F)cnc32)C1)Nc1cn[nH]c(=O)c1C(F)(F)F. The molecule has 4 rings (SSSR count). The molecule has 2 bridgehead atoms. The standard InChI is InChI=1S/C24H28F6N6O5Si/c1-22(42,33-16-6-32-34-20(38)18(16)24(28,29)30)12-41-11-17(37)21(39)36-3-2-35-7-13(8-36)9-40-10-14-4-15(23(25,26)27)5-31-19(14)35/h4-7,13,17,37H,2-3,8-12H2,1,42H3,(H-,33,34,38)/p+1/t13-,17+,22+/m1/s1. The topological polar surface area (TPSA) is 133 Å². The van der Waals surface area contributed by atoms with E-state index in [1.165, 1.54) is 4.90 Å². The number of fused-ring (bicyclic) bond motifs is 3. The van der Waals surface area contributed by atoms with Crippen LogP contribution in [0.1, 0.15) is 23.6 Å². The largest absolute Gasteiger partial charge is 0.423 e. The lowest BCUT2D eigenvalue weighted by molar-refractivity contribution is -0.441. The van der Waals surface area contributed by atoms with Crippen molar-refractivity contribution in [2.24, 2.45) is 5.92 Å². The first-order chi connectivity index (χ1) is 19.5. The fourth-order valence-corrected chi connectivity index (χ4v) is 5.15. The number of halogens is 6. The number of hydrogen-bond donors (Lipinski definition) is 3. The molecule has 0 radical (unpaired) electrons. The van der Waals surface area contributed by atoms with Crippen LogP contribution in [-0.4, -0.2) is 103 Å². The van der Waals surface area contributed by atoms with E-state index in [0.29, 0.717) is 0 Å². The minimum atomic E-state index is -4.92. The number of aliphatic hydroxyl groups excluding tert-OH is 1. The molecule has 3 atom stereocenters. The van der Waals surface area contributed by atoms with Gasteiger partial charge in [-0.1, -0.05) is 0 Å². The summed E-state index contributed by atoms with van der Waals surface area (Å²) < 4.78 is 92.3. The summed E-state index contributed by atoms with van der Waals surface area (Å²) in [7, 11) is 0.251. The van der Waals surface area contributed by atoms with Crippen molar-refractivity contribution in [3.63, 3.8) is 0 Å². The molecule has 0 saturated carbocycles. The lowest BCUT2D eigenvalue weighted by Crippen LogP contribution is -2.46. The highest BCUT2D eigenvalue weighted by atomic mass is 28.1. The van der Waals surface area contributed by atoms with Crippen LogP contribution in [-0.2, 0) is 33.2 Å². The van der Waals surface area contributed by atoms with Gasteiger partial charge in [-0.2, -0.15) is 31.4 Å². The van der Waals surface area contributed by atoms with E-state index in [1.54, 1.807) is 22.8 Å². The number of aliphatic hydroxyl groups is 1. The first-order valence-corrected chi connectivity index (χ1v) is 13.8. The van der Waals surface area contributed by atoms with Crippen molar-refractivity contribution in [2.45, 2.75) is 37.1 Å². The van der Waals surface area contributed by atoms with E-state index in [0.717, 1.165) is 18.5 Å². The van der Waals surface area contributed by atoms with Gasteiger partial charge in [-0.15, -0.1) is 0 Å². The Bertz CT molecular complexity index is 1400. The molecule has 18 heteroatoms. The van der Waals surface area contributed by atoms with Crippen LogP contribution in [0.2, 0.25) is 0 Å². The Morgan fingerprint density at radius 2 is 2.05 bits per heavy atom. The van der Waals surface area contributed by atoms with Gasteiger partial charge in [0.05, 0.1) is 68.1 Å². The van der Waals surface area contributed by atoms with E-state index < -0.39 is 58.5 Å². The number of H-pyrrole nitrogens is 1. The van der Waals surface area contributed by atoms with Crippen molar-refractivity contribution in [2.75, 3.05) is 44.8 Å². The summed E-state index contributed by atoms with van der Waals surface area (Å²) in [5.74, 6) is -0.702. The summed E-state index contributed by atoms with van der Waals surface area (Å²) in [5.41, 5.74) is -3.99. The van der Waals surface area contributed by atoms with Gasteiger partial charge >= 0.3 is 18.2 Å². The maximum atomic E-state index is 13.4. The number of amides is 1. The summed E-state index contributed by atoms with van der Waals surface area (Å²) in [4.78, 5) is 30.2. The third kappa shape index (κ3) is 7.53. The first-order valence-electron chi connectivity index (χ1n) is 12.8. The molecule has 0 aliphatic carbocycles. The lowest BCUT2D eigenvalue weighted by atomic mass is 10.1. The molecule has 2 aromatic heterocycles. The second kappa shape index (κ2) is 12.1. The number of anilines is 1. The molecule has 0 saturated heterocycles. The number of aromatic amines is 1. The fraction of sp³-hybridized carbons (Fsp3) is 0.542. The number of pyridine rings is 1. The van der Waals surface area contributed by atoms with Gasteiger partial charge in [-0.3, -0.25) is 9.59 Å². The Morgan fingerprint density at radius 3 is 2.74 bits per heavy atom. The molecule has 2 aliphatic rings. The van der Waals surface area contributed by atoms with Crippen LogP contribution >= 0.6 is 0 Å². The second-order valence-corrected chi connectivity index (χ2v) is 12.8. The quantitative estimate of drug-likeness (QED) is 0.231. The average Bonchev–Trinajstić information content (AvgIpc) is 3.09. The number of ether oxygens (including phenoxy) is 2. The summed E-state index contributed by atoms with van der Waals surface area (Å²) >= 11 is 0. The molecule has 0 spiro atoms. The van der Waals surface area contributed by atoms with Crippen LogP contribution in [0.15, 0.2) is 23.3 Å². The number of aromatic nitrogens is 3. The Kier molecular flexibility index (Phi) is 9.10. The van der Waals surface area contributed by atoms with E-state index in [1.807, 2.05) is 0 Å². The number of nitrogens with zero attached hydrogens (tertiary/aromatic N) is 4. The zero-order chi connectivity index (χ0) is 30.9.